The molecule has 4 nitrogen and oxygen atoms in total. The maximum absolute atomic E-state index is 5.57. The highest BCUT2D eigenvalue weighted by Crippen LogP contribution is 2.26. The first-order valence-corrected chi connectivity index (χ1v) is 8.28. The van der Waals surface area contributed by atoms with Crippen molar-refractivity contribution in [1.29, 1.82) is 0 Å². The zero-order chi connectivity index (χ0) is 15.6. The van der Waals surface area contributed by atoms with Crippen molar-refractivity contribution in [2.45, 2.75) is 13.0 Å². The Morgan fingerprint density at radius 1 is 1.04 bits per heavy atom. The number of para-hydroxylation sites is 2. The van der Waals surface area contributed by atoms with E-state index in [1.165, 1.54) is 11.1 Å². The van der Waals surface area contributed by atoms with Crippen LogP contribution in [-0.4, -0.2) is 27.8 Å². The number of fused-ring (bicyclic) bond motifs is 3. The molecule has 0 bridgehead atoms. The molecule has 1 aliphatic rings. The van der Waals surface area contributed by atoms with E-state index in [2.05, 4.69) is 51.2 Å². The van der Waals surface area contributed by atoms with Crippen LogP contribution in [0.15, 0.2) is 54.6 Å². The van der Waals surface area contributed by atoms with E-state index in [4.69, 9.17) is 17.2 Å². The molecule has 0 fully saturated rings. The molecule has 0 unspecified atom stereocenters. The molecule has 1 aliphatic heterocycles. The molecule has 4 rings (SSSR count). The van der Waals surface area contributed by atoms with Gasteiger partial charge in [0.25, 0.3) is 0 Å². The van der Waals surface area contributed by atoms with E-state index in [1.54, 1.807) is 0 Å². The Kier molecular flexibility index (Phi) is 3.71. The number of hydrogen-bond donors (Lipinski definition) is 1. The van der Waals surface area contributed by atoms with Gasteiger partial charge < -0.3 is 9.88 Å². The third-order valence-electron chi connectivity index (χ3n) is 4.20. The fourth-order valence-corrected chi connectivity index (χ4v) is 3.31. The highest BCUT2D eigenvalue weighted by atomic mass is 32.1. The lowest BCUT2D eigenvalue weighted by Gasteiger charge is -2.18. The lowest BCUT2D eigenvalue weighted by Crippen LogP contribution is -2.39. The fourth-order valence-electron chi connectivity index (χ4n) is 3.04. The van der Waals surface area contributed by atoms with Crippen LogP contribution < -0.4 is 10.2 Å². The van der Waals surface area contributed by atoms with Gasteiger partial charge in [0.15, 0.2) is 5.11 Å². The number of imidazole rings is 1. The molecule has 0 aliphatic carbocycles. The first kappa shape index (κ1) is 14.2. The summed E-state index contributed by atoms with van der Waals surface area (Å²) in [5.41, 5.74) is 3.52. The van der Waals surface area contributed by atoms with E-state index in [0.29, 0.717) is 0 Å². The second-order valence-corrected chi connectivity index (χ2v) is 6.06. The number of thiocarbonyl (C=S) groups is 1. The van der Waals surface area contributed by atoms with Crippen molar-refractivity contribution in [2.75, 3.05) is 18.0 Å². The highest BCUT2D eigenvalue weighted by Gasteiger charge is 2.25. The number of anilines is 1. The van der Waals surface area contributed by atoms with Gasteiger partial charge in [0.1, 0.15) is 0 Å². The van der Waals surface area contributed by atoms with Gasteiger partial charge in [-0.2, -0.15) is 0 Å². The molecule has 1 aromatic heterocycles. The summed E-state index contributed by atoms with van der Waals surface area (Å²) in [5, 5.41) is 4.12. The van der Waals surface area contributed by atoms with Crippen molar-refractivity contribution in [1.82, 2.24) is 14.9 Å². The number of nitrogens with zero attached hydrogens (tertiary/aromatic N) is 3. The van der Waals surface area contributed by atoms with Crippen molar-refractivity contribution in [2.24, 2.45) is 0 Å². The summed E-state index contributed by atoms with van der Waals surface area (Å²) in [7, 11) is 0. The second kappa shape index (κ2) is 6.01. The van der Waals surface area contributed by atoms with Crippen LogP contribution in [0.1, 0.15) is 5.56 Å². The minimum absolute atomic E-state index is 0.759. The monoisotopic (exact) mass is 322 g/mol. The Labute approximate surface area is 140 Å². The van der Waals surface area contributed by atoms with Crippen LogP contribution in [-0.2, 0) is 13.0 Å². The summed E-state index contributed by atoms with van der Waals surface area (Å²) >= 11 is 5.57. The SMILES string of the molecule is S=C(NCCc1ccccc1)N1CCn2c1nc1ccccc12. The quantitative estimate of drug-likeness (QED) is 0.752. The van der Waals surface area contributed by atoms with Gasteiger partial charge in [0.2, 0.25) is 5.95 Å². The summed E-state index contributed by atoms with van der Waals surface area (Å²) in [4.78, 5) is 6.82. The number of rotatable bonds is 3. The van der Waals surface area contributed by atoms with Gasteiger partial charge in [0.05, 0.1) is 11.0 Å². The molecule has 1 N–H and O–H groups in total. The normalized spacial score (nSPS) is 13.3. The minimum atomic E-state index is 0.759. The fraction of sp³-hybridized carbons (Fsp3) is 0.222. The van der Waals surface area contributed by atoms with Gasteiger partial charge in [0, 0.05) is 19.6 Å². The predicted molar refractivity (Wildman–Crippen MR) is 97.8 cm³/mol. The van der Waals surface area contributed by atoms with Crippen molar-refractivity contribution in [3.05, 3.63) is 60.2 Å². The van der Waals surface area contributed by atoms with Gasteiger partial charge in [-0.15, -0.1) is 0 Å². The van der Waals surface area contributed by atoms with Crippen molar-refractivity contribution >= 4 is 34.3 Å². The standard InChI is InChI=1S/C18H18N4S/c23-18(19-11-10-14-6-2-1-3-7-14)22-13-12-21-16-9-5-4-8-15(16)20-17(21)22/h1-9H,10-13H2,(H,19,23). The zero-order valence-electron chi connectivity index (χ0n) is 12.8. The van der Waals surface area contributed by atoms with Crippen molar-refractivity contribution in [3.8, 4) is 0 Å². The number of aromatic nitrogens is 2. The summed E-state index contributed by atoms with van der Waals surface area (Å²) in [6, 6.07) is 18.7. The Bertz CT molecular complexity index is 841. The average Bonchev–Trinajstić information content (AvgIpc) is 3.14. The van der Waals surface area contributed by atoms with Gasteiger partial charge in [-0.05, 0) is 36.3 Å². The number of nitrogens with one attached hydrogen (secondary N) is 1. The molecule has 116 valence electrons. The van der Waals surface area contributed by atoms with Crippen LogP contribution in [0.4, 0.5) is 5.95 Å². The largest absolute Gasteiger partial charge is 0.362 e. The summed E-state index contributed by atoms with van der Waals surface area (Å²) in [6.45, 7) is 2.64. The topological polar surface area (TPSA) is 33.1 Å². The van der Waals surface area contributed by atoms with Gasteiger partial charge in [-0.25, -0.2) is 4.98 Å². The first-order chi connectivity index (χ1) is 11.3. The molecule has 0 saturated heterocycles. The van der Waals surface area contributed by atoms with Crippen molar-refractivity contribution < 1.29 is 0 Å². The molecule has 0 atom stereocenters. The smallest absolute Gasteiger partial charge is 0.213 e. The Balaban J connectivity index is 1.44. The number of benzene rings is 2. The molecular formula is C18H18N4S. The molecule has 2 aromatic carbocycles. The summed E-state index contributed by atoms with van der Waals surface area (Å²) in [5.74, 6) is 0.948. The van der Waals surface area contributed by atoms with Gasteiger partial charge in [-0.3, -0.25) is 4.90 Å². The van der Waals surface area contributed by atoms with Gasteiger partial charge in [-0.1, -0.05) is 42.5 Å². The van der Waals surface area contributed by atoms with E-state index in [0.717, 1.165) is 42.6 Å². The molecule has 0 spiro atoms. The molecule has 5 heteroatoms. The Morgan fingerprint density at radius 3 is 2.70 bits per heavy atom. The molecule has 0 radical (unpaired) electrons. The third-order valence-corrected chi connectivity index (χ3v) is 4.57. The van der Waals surface area contributed by atoms with Crippen LogP contribution >= 0.6 is 12.2 Å². The minimum Gasteiger partial charge on any atom is -0.362 e. The predicted octanol–water partition coefficient (Wildman–Crippen LogP) is 2.97. The Hall–Kier alpha value is -2.40. The second-order valence-electron chi connectivity index (χ2n) is 5.67. The van der Waals surface area contributed by atoms with Crippen LogP contribution in [0.2, 0.25) is 0 Å². The van der Waals surface area contributed by atoms with Crippen LogP contribution in [0.3, 0.4) is 0 Å². The summed E-state index contributed by atoms with van der Waals surface area (Å²) in [6.07, 6.45) is 0.964. The molecular weight excluding hydrogens is 304 g/mol. The lowest BCUT2D eigenvalue weighted by molar-refractivity contribution is 0.817. The molecule has 2 heterocycles. The number of hydrogen-bond acceptors (Lipinski definition) is 2. The van der Waals surface area contributed by atoms with Crippen LogP contribution in [0, 0.1) is 0 Å². The van der Waals surface area contributed by atoms with Crippen LogP contribution in [0.5, 0.6) is 0 Å². The van der Waals surface area contributed by atoms with Crippen molar-refractivity contribution in [3.63, 3.8) is 0 Å². The molecule has 0 amide bonds. The van der Waals surface area contributed by atoms with E-state index >= 15 is 0 Å². The van der Waals surface area contributed by atoms with E-state index in [1.807, 2.05) is 18.2 Å². The van der Waals surface area contributed by atoms with E-state index in [9.17, 15) is 0 Å². The first-order valence-electron chi connectivity index (χ1n) is 7.87. The van der Waals surface area contributed by atoms with E-state index in [-0.39, 0.29) is 0 Å². The van der Waals surface area contributed by atoms with Crippen LogP contribution in [0.25, 0.3) is 11.0 Å². The molecule has 3 aromatic rings. The average molecular weight is 322 g/mol. The van der Waals surface area contributed by atoms with Gasteiger partial charge >= 0.3 is 0 Å². The Morgan fingerprint density at radius 2 is 1.83 bits per heavy atom. The molecule has 23 heavy (non-hydrogen) atoms. The summed E-state index contributed by atoms with van der Waals surface area (Å²) < 4.78 is 2.24. The maximum atomic E-state index is 5.57. The highest BCUT2D eigenvalue weighted by molar-refractivity contribution is 7.80. The third kappa shape index (κ3) is 2.68. The maximum Gasteiger partial charge on any atom is 0.213 e. The van der Waals surface area contributed by atoms with E-state index < -0.39 is 0 Å². The lowest BCUT2D eigenvalue weighted by atomic mass is 10.1. The zero-order valence-corrected chi connectivity index (χ0v) is 13.6. The molecule has 0 saturated carbocycles.